The predicted molar refractivity (Wildman–Crippen MR) is 126 cm³/mol. The molecule has 0 spiro atoms. The van der Waals surface area contributed by atoms with Crippen LogP contribution in [0.2, 0.25) is 0 Å². The normalized spacial score (nSPS) is 12.3. The van der Waals surface area contributed by atoms with E-state index in [1.165, 1.54) is 44.2 Å². The number of hydrogen-bond donors (Lipinski definition) is 1. The fourth-order valence-electron chi connectivity index (χ4n) is 3.41. The number of benzene rings is 2. The van der Waals surface area contributed by atoms with Crippen molar-refractivity contribution in [3.8, 4) is 0 Å². The fraction of sp³-hybridized carbons (Fsp3) is 0.391. The third-order valence-corrected chi connectivity index (χ3v) is 7.18. The number of aryl methyl sites for hydroxylation is 1. The summed E-state index contributed by atoms with van der Waals surface area (Å²) in [7, 11) is -0.121. The number of halogens is 1. The average Bonchev–Trinajstić information content (AvgIpc) is 2.78. The summed E-state index contributed by atoms with van der Waals surface area (Å²) in [6.07, 6.45) is 0.317. The average molecular weight is 479 g/mol. The summed E-state index contributed by atoms with van der Waals surface area (Å²) in [4.78, 5) is 27.5. The van der Waals surface area contributed by atoms with Gasteiger partial charge in [-0.15, -0.1) is 0 Å². The van der Waals surface area contributed by atoms with Crippen LogP contribution < -0.4 is 9.62 Å². The summed E-state index contributed by atoms with van der Waals surface area (Å²) in [5.74, 6) is -1.77. The number of nitrogens with one attached hydrogen (secondary N) is 1. The molecule has 0 aliphatic heterocycles. The van der Waals surface area contributed by atoms with Gasteiger partial charge in [-0.1, -0.05) is 43.3 Å². The van der Waals surface area contributed by atoms with Gasteiger partial charge in [0, 0.05) is 27.7 Å². The van der Waals surface area contributed by atoms with Crippen LogP contribution in [0.1, 0.15) is 24.5 Å². The van der Waals surface area contributed by atoms with Gasteiger partial charge in [0.15, 0.2) is 0 Å². The number of hydrogen-bond acceptors (Lipinski definition) is 4. The van der Waals surface area contributed by atoms with Gasteiger partial charge in [0.1, 0.15) is 18.4 Å². The maximum Gasteiger partial charge on any atom is 0.304 e. The lowest BCUT2D eigenvalue weighted by atomic mass is 10.1. The van der Waals surface area contributed by atoms with Crippen LogP contribution in [-0.2, 0) is 26.3 Å². The lowest BCUT2D eigenvalue weighted by molar-refractivity contribution is -0.140. The lowest BCUT2D eigenvalue weighted by Crippen LogP contribution is -2.53. The Labute approximate surface area is 195 Å². The van der Waals surface area contributed by atoms with Gasteiger partial charge in [-0.25, -0.2) is 8.70 Å². The first-order valence-corrected chi connectivity index (χ1v) is 11.9. The van der Waals surface area contributed by atoms with Crippen molar-refractivity contribution in [2.75, 3.05) is 32.0 Å². The van der Waals surface area contributed by atoms with Gasteiger partial charge in [-0.2, -0.15) is 12.7 Å². The highest BCUT2D eigenvalue weighted by molar-refractivity contribution is 7.90. The minimum Gasteiger partial charge on any atom is -0.357 e. The Hall–Kier alpha value is -2.98. The van der Waals surface area contributed by atoms with E-state index in [4.69, 9.17) is 0 Å². The molecule has 0 aliphatic rings. The fourth-order valence-corrected chi connectivity index (χ4v) is 4.48. The maximum atomic E-state index is 14.6. The minimum absolute atomic E-state index is 0.102. The molecule has 1 atom stereocenters. The Morgan fingerprint density at radius 1 is 1.06 bits per heavy atom. The van der Waals surface area contributed by atoms with Gasteiger partial charge < -0.3 is 10.2 Å². The van der Waals surface area contributed by atoms with Crippen LogP contribution in [0.25, 0.3) is 0 Å². The van der Waals surface area contributed by atoms with Crippen molar-refractivity contribution >= 4 is 27.7 Å². The van der Waals surface area contributed by atoms with Crippen molar-refractivity contribution in [1.82, 2.24) is 14.5 Å². The zero-order valence-electron chi connectivity index (χ0n) is 19.6. The van der Waals surface area contributed by atoms with E-state index < -0.39 is 34.5 Å². The van der Waals surface area contributed by atoms with Gasteiger partial charge in [0.2, 0.25) is 11.8 Å². The van der Waals surface area contributed by atoms with Gasteiger partial charge in [-0.3, -0.25) is 9.59 Å². The topological polar surface area (TPSA) is 90.0 Å². The molecule has 2 aromatic rings. The first kappa shape index (κ1) is 26.3. The molecule has 0 aromatic heterocycles. The molecule has 0 aliphatic carbocycles. The summed E-state index contributed by atoms with van der Waals surface area (Å²) >= 11 is 0. The zero-order chi connectivity index (χ0) is 24.8. The van der Waals surface area contributed by atoms with Crippen molar-refractivity contribution in [2.45, 2.75) is 32.9 Å². The van der Waals surface area contributed by atoms with E-state index in [1.807, 2.05) is 31.2 Å². The molecule has 8 nitrogen and oxygen atoms in total. The molecular weight excluding hydrogens is 447 g/mol. The van der Waals surface area contributed by atoms with Gasteiger partial charge in [0.05, 0.1) is 5.69 Å². The largest absolute Gasteiger partial charge is 0.357 e. The Morgan fingerprint density at radius 2 is 1.67 bits per heavy atom. The predicted octanol–water partition coefficient (Wildman–Crippen LogP) is 2.30. The first-order valence-electron chi connectivity index (χ1n) is 10.5. The van der Waals surface area contributed by atoms with E-state index in [9.17, 15) is 22.4 Å². The molecule has 2 amide bonds. The van der Waals surface area contributed by atoms with E-state index in [0.29, 0.717) is 6.42 Å². The van der Waals surface area contributed by atoms with Crippen molar-refractivity contribution in [3.05, 3.63) is 65.5 Å². The lowest BCUT2D eigenvalue weighted by Gasteiger charge is -2.34. The molecule has 0 radical (unpaired) electrons. The highest BCUT2D eigenvalue weighted by Gasteiger charge is 2.34. The van der Waals surface area contributed by atoms with Crippen LogP contribution in [-0.4, -0.2) is 63.2 Å². The molecule has 2 rings (SSSR count). The van der Waals surface area contributed by atoms with E-state index in [1.54, 1.807) is 6.92 Å². The van der Waals surface area contributed by atoms with E-state index in [0.717, 1.165) is 25.8 Å². The smallest absolute Gasteiger partial charge is 0.304 e. The van der Waals surface area contributed by atoms with E-state index >= 15 is 0 Å². The van der Waals surface area contributed by atoms with Gasteiger partial charge in [0.25, 0.3) is 0 Å². The Morgan fingerprint density at radius 3 is 2.21 bits per heavy atom. The first-order chi connectivity index (χ1) is 15.5. The van der Waals surface area contributed by atoms with Crippen molar-refractivity contribution in [1.29, 1.82) is 0 Å². The van der Waals surface area contributed by atoms with Crippen LogP contribution in [0.15, 0.2) is 48.5 Å². The summed E-state index contributed by atoms with van der Waals surface area (Å²) < 4.78 is 42.3. The molecule has 1 unspecified atom stereocenters. The van der Waals surface area contributed by atoms with Crippen LogP contribution in [0.4, 0.5) is 10.1 Å². The standard InChI is InChI=1S/C23H31FN4O4S/c1-6-20(23(30)25-3)27(15-18-12-8-7-11-17(18)2)22(29)16-28(33(31,32)26(4)5)21-14-10-9-13-19(21)24/h7-14,20H,6,15-16H2,1-5H3,(H,25,30). The summed E-state index contributed by atoms with van der Waals surface area (Å²) in [6.45, 7) is 3.09. The SMILES string of the molecule is CCC(C(=O)NC)N(Cc1ccccc1C)C(=O)CN(c1ccccc1F)S(=O)(=O)N(C)C. The second-order valence-electron chi connectivity index (χ2n) is 7.73. The van der Waals surface area contributed by atoms with Crippen LogP contribution in [0, 0.1) is 12.7 Å². The van der Waals surface area contributed by atoms with Gasteiger partial charge in [-0.05, 0) is 36.6 Å². The minimum atomic E-state index is -4.20. The second-order valence-corrected chi connectivity index (χ2v) is 9.80. The number of para-hydroxylation sites is 1. The number of carbonyl (C=O) groups is 2. The molecule has 33 heavy (non-hydrogen) atoms. The maximum absolute atomic E-state index is 14.6. The zero-order valence-corrected chi connectivity index (χ0v) is 20.4. The van der Waals surface area contributed by atoms with Crippen LogP contribution >= 0.6 is 0 Å². The number of anilines is 1. The Kier molecular flexibility index (Phi) is 8.95. The van der Waals surface area contributed by atoms with Crippen LogP contribution in [0.5, 0.6) is 0 Å². The monoisotopic (exact) mass is 478 g/mol. The van der Waals surface area contributed by atoms with Crippen LogP contribution in [0.3, 0.4) is 0 Å². The molecule has 10 heteroatoms. The molecular formula is C23H31FN4O4S. The molecule has 1 N–H and O–H groups in total. The molecule has 180 valence electrons. The molecule has 0 fully saturated rings. The van der Waals surface area contributed by atoms with E-state index in [2.05, 4.69) is 5.32 Å². The number of carbonyl (C=O) groups excluding carboxylic acids is 2. The third kappa shape index (κ3) is 6.08. The molecule has 0 saturated heterocycles. The number of nitrogens with zero attached hydrogens (tertiary/aromatic N) is 3. The molecule has 0 bridgehead atoms. The number of rotatable bonds is 10. The highest BCUT2D eigenvalue weighted by Crippen LogP contribution is 2.24. The second kappa shape index (κ2) is 11.2. The molecule has 0 saturated carbocycles. The Bertz CT molecular complexity index is 1090. The number of amides is 2. The molecule has 2 aromatic carbocycles. The van der Waals surface area contributed by atoms with Crippen molar-refractivity contribution in [3.63, 3.8) is 0 Å². The Balaban J connectivity index is 2.53. The summed E-state index contributed by atoms with van der Waals surface area (Å²) in [6, 6.07) is 12.0. The summed E-state index contributed by atoms with van der Waals surface area (Å²) in [5.41, 5.74) is 1.50. The van der Waals surface area contributed by atoms with Crippen molar-refractivity contribution < 1.29 is 22.4 Å². The third-order valence-electron chi connectivity index (χ3n) is 5.37. The number of likely N-dealkylation sites (N-methyl/N-ethyl adjacent to an activating group) is 1. The van der Waals surface area contributed by atoms with Gasteiger partial charge >= 0.3 is 10.2 Å². The summed E-state index contributed by atoms with van der Waals surface area (Å²) in [5, 5.41) is 2.56. The van der Waals surface area contributed by atoms with Crippen molar-refractivity contribution in [2.24, 2.45) is 0 Å². The highest BCUT2D eigenvalue weighted by atomic mass is 32.2. The molecule has 0 heterocycles. The van der Waals surface area contributed by atoms with E-state index in [-0.39, 0.29) is 18.1 Å². The quantitative estimate of drug-likeness (QED) is 0.568.